The van der Waals surface area contributed by atoms with Crippen molar-refractivity contribution in [2.75, 3.05) is 23.8 Å². The molecule has 0 aliphatic carbocycles. The Kier molecular flexibility index (Phi) is 4.50. The van der Waals surface area contributed by atoms with Crippen LogP contribution in [0.5, 0.6) is 0 Å². The molecular weight excluding hydrogens is 244 g/mol. The van der Waals surface area contributed by atoms with Crippen LogP contribution < -0.4 is 11.1 Å². The largest absolute Gasteiger partial charge is 0.396 e. The molecule has 0 bridgehead atoms. The highest BCUT2D eigenvalue weighted by Gasteiger charge is 2.08. The zero-order valence-corrected chi connectivity index (χ0v) is 10.4. The van der Waals surface area contributed by atoms with Crippen LogP contribution in [0.25, 0.3) is 0 Å². The van der Waals surface area contributed by atoms with Crippen LogP contribution in [0.2, 0.25) is 0 Å². The first-order chi connectivity index (χ1) is 7.93. The predicted octanol–water partition coefficient (Wildman–Crippen LogP) is -0.984. The molecule has 7 nitrogen and oxygen atoms in total. The minimum absolute atomic E-state index is 0.0311. The summed E-state index contributed by atoms with van der Waals surface area (Å²) in [4.78, 5) is 11.4. The standard InChI is InChI=1S/C9H16N4O3S/c1-2-17(15,16)4-3-11-9(14)7-13-6-8(10)5-12-13/h5-6H,2-4,7,10H2,1H3,(H,11,14). The number of nitrogens with two attached hydrogens (primary N) is 1. The van der Waals surface area contributed by atoms with Crippen LogP contribution in [0, 0.1) is 0 Å². The maximum absolute atomic E-state index is 11.4. The van der Waals surface area contributed by atoms with Crippen molar-refractivity contribution in [3.63, 3.8) is 0 Å². The van der Waals surface area contributed by atoms with E-state index in [2.05, 4.69) is 10.4 Å². The topological polar surface area (TPSA) is 107 Å². The number of aromatic nitrogens is 2. The fourth-order valence-corrected chi connectivity index (χ4v) is 1.86. The SMILES string of the molecule is CCS(=O)(=O)CCNC(=O)Cn1cc(N)cn1. The molecule has 0 radical (unpaired) electrons. The van der Waals surface area contributed by atoms with E-state index in [0.29, 0.717) is 5.69 Å². The summed E-state index contributed by atoms with van der Waals surface area (Å²) in [5, 5.41) is 6.35. The summed E-state index contributed by atoms with van der Waals surface area (Å²) in [5.41, 5.74) is 5.91. The van der Waals surface area contributed by atoms with E-state index in [1.165, 1.54) is 17.1 Å². The molecule has 1 aromatic rings. The van der Waals surface area contributed by atoms with Crippen molar-refractivity contribution in [2.45, 2.75) is 13.5 Å². The molecule has 1 heterocycles. The number of nitrogen functional groups attached to an aromatic ring is 1. The van der Waals surface area contributed by atoms with E-state index in [4.69, 9.17) is 5.73 Å². The molecule has 0 aliphatic heterocycles. The third-order valence-electron chi connectivity index (χ3n) is 2.13. The Hall–Kier alpha value is -1.57. The molecule has 1 aromatic heterocycles. The average molecular weight is 260 g/mol. The van der Waals surface area contributed by atoms with Gasteiger partial charge in [-0.2, -0.15) is 5.10 Å². The van der Waals surface area contributed by atoms with Crippen LogP contribution in [-0.2, 0) is 21.2 Å². The van der Waals surface area contributed by atoms with Gasteiger partial charge in [-0.25, -0.2) is 8.42 Å². The number of anilines is 1. The monoisotopic (exact) mass is 260 g/mol. The van der Waals surface area contributed by atoms with Crippen LogP contribution in [0.15, 0.2) is 12.4 Å². The minimum Gasteiger partial charge on any atom is -0.396 e. The normalized spacial score (nSPS) is 11.4. The minimum atomic E-state index is -3.04. The molecule has 0 saturated carbocycles. The molecule has 0 unspecified atom stereocenters. The van der Waals surface area contributed by atoms with E-state index in [1.807, 2.05) is 0 Å². The Balaban J connectivity index is 2.31. The highest BCUT2D eigenvalue weighted by atomic mass is 32.2. The van der Waals surface area contributed by atoms with Gasteiger partial charge in [0.25, 0.3) is 0 Å². The lowest BCUT2D eigenvalue weighted by molar-refractivity contribution is -0.121. The molecule has 0 aromatic carbocycles. The zero-order valence-electron chi connectivity index (χ0n) is 9.59. The van der Waals surface area contributed by atoms with Crippen molar-refractivity contribution in [3.05, 3.63) is 12.4 Å². The summed E-state index contributed by atoms with van der Waals surface area (Å²) < 4.78 is 23.7. The van der Waals surface area contributed by atoms with Gasteiger partial charge in [0.1, 0.15) is 6.54 Å². The summed E-state index contributed by atoms with van der Waals surface area (Å²) in [7, 11) is -3.04. The smallest absolute Gasteiger partial charge is 0.241 e. The molecule has 0 saturated heterocycles. The fraction of sp³-hybridized carbons (Fsp3) is 0.556. The van der Waals surface area contributed by atoms with E-state index in [-0.39, 0.29) is 30.5 Å². The molecule has 1 amide bonds. The second kappa shape index (κ2) is 5.67. The van der Waals surface area contributed by atoms with Crippen molar-refractivity contribution in [3.8, 4) is 0 Å². The van der Waals surface area contributed by atoms with E-state index in [9.17, 15) is 13.2 Å². The third-order valence-corrected chi connectivity index (χ3v) is 3.84. The number of hydrogen-bond donors (Lipinski definition) is 2. The first kappa shape index (κ1) is 13.5. The summed E-state index contributed by atoms with van der Waals surface area (Å²) >= 11 is 0. The molecule has 0 aliphatic rings. The highest BCUT2D eigenvalue weighted by molar-refractivity contribution is 7.91. The number of hydrogen-bond acceptors (Lipinski definition) is 5. The van der Waals surface area contributed by atoms with Crippen molar-refractivity contribution < 1.29 is 13.2 Å². The molecular formula is C9H16N4O3S. The molecule has 17 heavy (non-hydrogen) atoms. The van der Waals surface area contributed by atoms with E-state index in [0.717, 1.165) is 0 Å². The van der Waals surface area contributed by atoms with Crippen LogP contribution >= 0.6 is 0 Å². The predicted molar refractivity (Wildman–Crippen MR) is 64.0 cm³/mol. The van der Waals surface area contributed by atoms with Gasteiger partial charge >= 0.3 is 0 Å². The molecule has 8 heteroatoms. The van der Waals surface area contributed by atoms with Gasteiger partial charge < -0.3 is 11.1 Å². The number of amides is 1. The molecule has 0 spiro atoms. The number of rotatable bonds is 6. The number of sulfone groups is 1. The van der Waals surface area contributed by atoms with Crippen LogP contribution in [-0.4, -0.2) is 42.2 Å². The van der Waals surface area contributed by atoms with Gasteiger partial charge in [0.05, 0.1) is 17.6 Å². The van der Waals surface area contributed by atoms with E-state index in [1.54, 1.807) is 6.92 Å². The lowest BCUT2D eigenvalue weighted by atomic mass is 10.5. The van der Waals surface area contributed by atoms with Gasteiger partial charge in [0.2, 0.25) is 5.91 Å². The van der Waals surface area contributed by atoms with E-state index >= 15 is 0 Å². The first-order valence-corrected chi connectivity index (χ1v) is 7.00. The van der Waals surface area contributed by atoms with Crippen molar-refractivity contribution in [1.29, 1.82) is 0 Å². The van der Waals surface area contributed by atoms with Crippen molar-refractivity contribution >= 4 is 21.4 Å². The molecule has 0 atom stereocenters. The van der Waals surface area contributed by atoms with Crippen LogP contribution in [0.1, 0.15) is 6.92 Å². The second-order valence-corrected chi connectivity index (χ2v) is 6.03. The van der Waals surface area contributed by atoms with Gasteiger partial charge in [0, 0.05) is 18.5 Å². The van der Waals surface area contributed by atoms with E-state index < -0.39 is 9.84 Å². The Morgan fingerprint density at radius 1 is 1.59 bits per heavy atom. The van der Waals surface area contributed by atoms with Crippen LogP contribution in [0.3, 0.4) is 0 Å². The quantitative estimate of drug-likeness (QED) is 0.683. The Morgan fingerprint density at radius 3 is 2.82 bits per heavy atom. The zero-order chi connectivity index (χ0) is 12.9. The molecule has 1 rings (SSSR count). The molecule has 96 valence electrons. The summed E-state index contributed by atoms with van der Waals surface area (Å²) in [6.07, 6.45) is 2.97. The number of carbonyl (C=O) groups is 1. The highest BCUT2D eigenvalue weighted by Crippen LogP contribution is 1.96. The number of carbonyl (C=O) groups excluding carboxylic acids is 1. The van der Waals surface area contributed by atoms with Crippen LogP contribution in [0.4, 0.5) is 5.69 Å². The summed E-state index contributed by atoms with van der Waals surface area (Å²) in [5.74, 6) is -0.255. The fourth-order valence-electron chi connectivity index (χ4n) is 1.16. The van der Waals surface area contributed by atoms with Gasteiger partial charge in [-0.05, 0) is 0 Å². The van der Waals surface area contributed by atoms with Gasteiger partial charge in [-0.15, -0.1) is 0 Å². The molecule has 3 N–H and O–H groups in total. The average Bonchev–Trinajstić information content (AvgIpc) is 2.63. The lowest BCUT2D eigenvalue weighted by Crippen LogP contribution is -2.32. The van der Waals surface area contributed by atoms with Crippen molar-refractivity contribution in [2.24, 2.45) is 0 Å². The third kappa shape index (κ3) is 4.85. The Labute approximate surface area is 99.9 Å². The van der Waals surface area contributed by atoms with Gasteiger partial charge in [-0.3, -0.25) is 9.48 Å². The maximum atomic E-state index is 11.4. The molecule has 0 fully saturated rings. The van der Waals surface area contributed by atoms with Crippen molar-refractivity contribution in [1.82, 2.24) is 15.1 Å². The second-order valence-electron chi connectivity index (χ2n) is 3.56. The first-order valence-electron chi connectivity index (χ1n) is 5.18. The number of nitrogens with one attached hydrogen (secondary N) is 1. The lowest BCUT2D eigenvalue weighted by Gasteiger charge is -2.05. The summed E-state index contributed by atoms with van der Waals surface area (Å²) in [6, 6.07) is 0. The van der Waals surface area contributed by atoms with Gasteiger partial charge in [-0.1, -0.05) is 6.92 Å². The maximum Gasteiger partial charge on any atom is 0.241 e. The van der Waals surface area contributed by atoms with Gasteiger partial charge in [0.15, 0.2) is 9.84 Å². The Bertz CT molecular complexity index is 480. The Morgan fingerprint density at radius 2 is 2.29 bits per heavy atom. The summed E-state index contributed by atoms with van der Waals surface area (Å²) in [6.45, 7) is 1.72. The number of nitrogens with zero attached hydrogens (tertiary/aromatic N) is 2.